The van der Waals surface area contributed by atoms with Gasteiger partial charge in [0.05, 0.1) is 12.1 Å². The highest BCUT2D eigenvalue weighted by Gasteiger charge is 2.26. The Balaban J connectivity index is 1.40. The highest BCUT2D eigenvalue weighted by Crippen LogP contribution is 2.26. The van der Waals surface area contributed by atoms with Crippen molar-refractivity contribution in [1.29, 1.82) is 0 Å². The van der Waals surface area contributed by atoms with Crippen LogP contribution in [-0.4, -0.2) is 55.2 Å². The second-order valence-electron chi connectivity index (χ2n) is 6.94. The van der Waals surface area contributed by atoms with E-state index >= 15 is 0 Å². The minimum atomic E-state index is -0.0304. The van der Waals surface area contributed by atoms with E-state index in [-0.39, 0.29) is 24.5 Å². The van der Waals surface area contributed by atoms with Crippen LogP contribution in [0.15, 0.2) is 36.5 Å². The molecule has 2 aromatic heterocycles. The largest absolute Gasteiger partial charge is 0.395 e. The zero-order chi connectivity index (χ0) is 19.3. The third-order valence-electron chi connectivity index (χ3n) is 5.05. The SMILES string of the molecule is O=C(NCCO)C1CCC(Nc2nccc(-n3nnc4ccccc43)n2)CC1. The molecule has 0 unspecified atom stereocenters. The summed E-state index contributed by atoms with van der Waals surface area (Å²) in [6.45, 7) is 0.284. The van der Waals surface area contributed by atoms with E-state index in [2.05, 4.69) is 30.9 Å². The summed E-state index contributed by atoms with van der Waals surface area (Å²) in [4.78, 5) is 20.9. The molecule has 4 rings (SSSR count). The number of nitrogens with one attached hydrogen (secondary N) is 2. The van der Waals surface area contributed by atoms with E-state index in [9.17, 15) is 4.79 Å². The van der Waals surface area contributed by atoms with Crippen LogP contribution < -0.4 is 10.6 Å². The maximum absolute atomic E-state index is 12.0. The van der Waals surface area contributed by atoms with Gasteiger partial charge in [-0.2, -0.15) is 9.67 Å². The Kier molecular flexibility index (Phi) is 5.43. The Bertz CT molecular complexity index is 950. The molecule has 9 heteroatoms. The van der Waals surface area contributed by atoms with Crippen molar-refractivity contribution in [1.82, 2.24) is 30.3 Å². The molecule has 1 aliphatic carbocycles. The Labute approximate surface area is 162 Å². The second kappa shape index (κ2) is 8.30. The second-order valence-corrected chi connectivity index (χ2v) is 6.94. The molecule has 0 atom stereocenters. The molecule has 0 saturated heterocycles. The van der Waals surface area contributed by atoms with Crippen LogP contribution in [0, 0.1) is 5.92 Å². The normalized spacial score (nSPS) is 19.5. The molecule has 146 valence electrons. The van der Waals surface area contributed by atoms with Gasteiger partial charge in [-0.05, 0) is 37.8 Å². The van der Waals surface area contributed by atoms with Gasteiger partial charge in [-0.3, -0.25) is 4.79 Å². The molecule has 3 aromatic rings. The fourth-order valence-electron chi connectivity index (χ4n) is 3.58. The number of aliphatic hydroxyl groups is 1. The minimum Gasteiger partial charge on any atom is -0.395 e. The van der Waals surface area contributed by atoms with Crippen LogP contribution in [0.2, 0.25) is 0 Å². The number of benzene rings is 1. The summed E-state index contributed by atoms with van der Waals surface area (Å²) >= 11 is 0. The summed E-state index contributed by atoms with van der Waals surface area (Å²) in [6.07, 6.45) is 5.06. The maximum atomic E-state index is 12.0. The average molecular weight is 381 g/mol. The molecule has 0 bridgehead atoms. The van der Waals surface area contributed by atoms with Crippen LogP contribution in [0.4, 0.5) is 5.95 Å². The van der Waals surface area contributed by atoms with E-state index in [4.69, 9.17) is 5.11 Å². The smallest absolute Gasteiger partial charge is 0.224 e. The number of aliphatic hydroxyl groups excluding tert-OH is 1. The number of anilines is 1. The van der Waals surface area contributed by atoms with Gasteiger partial charge in [0, 0.05) is 30.8 Å². The van der Waals surface area contributed by atoms with E-state index in [1.165, 1.54) is 0 Å². The van der Waals surface area contributed by atoms with Crippen molar-refractivity contribution in [2.75, 3.05) is 18.5 Å². The van der Waals surface area contributed by atoms with Crippen LogP contribution in [0.1, 0.15) is 25.7 Å². The van der Waals surface area contributed by atoms with Crippen molar-refractivity contribution in [3.05, 3.63) is 36.5 Å². The van der Waals surface area contributed by atoms with Crippen LogP contribution >= 0.6 is 0 Å². The Hall–Kier alpha value is -3.07. The standard InChI is InChI=1S/C19H23N7O2/c27-12-11-20-18(28)13-5-7-14(8-6-13)22-19-21-10-9-17(23-19)26-16-4-2-1-3-15(16)24-25-26/h1-4,9-10,13-14,27H,5-8,11-12H2,(H,20,28)(H,21,22,23). The van der Waals surface area contributed by atoms with Crippen molar-refractivity contribution in [2.24, 2.45) is 5.92 Å². The lowest BCUT2D eigenvalue weighted by Gasteiger charge is -2.28. The first-order valence-corrected chi connectivity index (χ1v) is 9.53. The van der Waals surface area contributed by atoms with Crippen molar-refractivity contribution in [3.8, 4) is 5.82 Å². The molecular formula is C19H23N7O2. The maximum Gasteiger partial charge on any atom is 0.224 e. The van der Waals surface area contributed by atoms with Crippen LogP contribution in [-0.2, 0) is 4.79 Å². The van der Waals surface area contributed by atoms with Crippen molar-refractivity contribution >= 4 is 22.9 Å². The van der Waals surface area contributed by atoms with Gasteiger partial charge in [0.15, 0.2) is 5.82 Å². The van der Waals surface area contributed by atoms with Gasteiger partial charge in [-0.15, -0.1) is 5.10 Å². The molecule has 0 spiro atoms. The third-order valence-corrected chi connectivity index (χ3v) is 5.05. The van der Waals surface area contributed by atoms with Gasteiger partial charge in [0.1, 0.15) is 5.52 Å². The number of carbonyl (C=O) groups excluding carboxylic acids is 1. The molecule has 1 aromatic carbocycles. The summed E-state index contributed by atoms with van der Waals surface area (Å²) < 4.78 is 1.70. The highest BCUT2D eigenvalue weighted by atomic mass is 16.3. The number of amides is 1. The number of aromatic nitrogens is 5. The molecule has 0 aliphatic heterocycles. The molecule has 1 saturated carbocycles. The van der Waals surface area contributed by atoms with Gasteiger partial charge in [-0.1, -0.05) is 17.3 Å². The number of hydrogen-bond donors (Lipinski definition) is 3. The van der Waals surface area contributed by atoms with Gasteiger partial charge < -0.3 is 15.7 Å². The van der Waals surface area contributed by atoms with Gasteiger partial charge in [0.2, 0.25) is 11.9 Å². The molecule has 9 nitrogen and oxygen atoms in total. The summed E-state index contributed by atoms with van der Waals surface area (Å²) in [6, 6.07) is 9.76. The molecule has 2 heterocycles. The first kappa shape index (κ1) is 18.3. The summed E-state index contributed by atoms with van der Waals surface area (Å²) in [7, 11) is 0. The number of fused-ring (bicyclic) bond motifs is 1. The predicted molar refractivity (Wildman–Crippen MR) is 104 cm³/mol. The summed E-state index contributed by atoms with van der Waals surface area (Å²) in [5.74, 6) is 1.25. The van der Waals surface area contributed by atoms with E-state index in [0.717, 1.165) is 36.7 Å². The lowest BCUT2D eigenvalue weighted by Crippen LogP contribution is -2.37. The molecule has 28 heavy (non-hydrogen) atoms. The Morgan fingerprint density at radius 1 is 1.18 bits per heavy atom. The first-order valence-electron chi connectivity index (χ1n) is 9.53. The van der Waals surface area contributed by atoms with Crippen LogP contribution in [0.3, 0.4) is 0 Å². The molecule has 3 N–H and O–H groups in total. The number of hydrogen-bond acceptors (Lipinski definition) is 7. The van der Waals surface area contributed by atoms with Crippen molar-refractivity contribution < 1.29 is 9.90 Å². The Morgan fingerprint density at radius 2 is 2.00 bits per heavy atom. The molecule has 1 fully saturated rings. The van der Waals surface area contributed by atoms with E-state index < -0.39 is 0 Å². The molecular weight excluding hydrogens is 358 g/mol. The number of para-hydroxylation sites is 1. The topological polar surface area (TPSA) is 118 Å². The fourth-order valence-corrected chi connectivity index (χ4v) is 3.58. The number of nitrogens with zero attached hydrogens (tertiary/aromatic N) is 5. The molecule has 0 radical (unpaired) electrons. The lowest BCUT2D eigenvalue weighted by molar-refractivity contribution is -0.126. The molecule has 1 amide bonds. The minimum absolute atomic E-state index is 0.0124. The van der Waals surface area contributed by atoms with Crippen molar-refractivity contribution in [3.63, 3.8) is 0 Å². The number of rotatable bonds is 6. The van der Waals surface area contributed by atoms with E-state index in [1.807, 2.05) is 24.3 Å². The van der Waals surface area contributed by atoms with Crippen molar-refractivity contribution in [2.45, 2.75) is 31.7 Å². The van der Waals surface area contributed by atoms with E-state index in [0.29, 0.717) is 18.3 Å². The highest BCUT2D eigenvalue weighted by molar-refractivity contribution is 5.78. The van der Waals surface area contributed by atoms with Crippen LogP contribution in [0.25, 0.3) is 16.9 Å². The van der Waals surface area contributed by atoms with E-state index in [1.54, 1.807) is 16.9 Å². The van der Waals surface area contributed by atoms with Gasteiger partial charge >= 0.3 is 0 Å². The monoisotopic (exact) mass is 381 g/mol. The summed E-state index contributed by atoms with van der Waals surface area (Å²) in [5, 5.41) is 23.3. The summed E-state index contributed by atoms with van der Waals surface area (Å²) in [5.41, 5.74) is 1.70. The lowest BCUT2D eigenvalue weighted by atomic mass is 9.85. The quantitative estimate of drug-likeness (QED) is 0.589. The average Bonchev–Trinajstić information content (AvgIpc) is 3.17. The Morgan fingerprint density at radius 3 is 2.82 bits per heavy atom. The molecule has 1 aliphatic rings. The number of carbonyl (C=O) groups is 1. The van der Waals surface area contributed by atoms with Gasteiger partial charge in [0.25, 0.3) is 0 Å². The first-order chi connectivity index (χ1) is 13.7. The van der Waals surface area contributed by atoms with Gasteiger partial charge in [-0.25, -0.2) is 4.98 Å². The zero-order valence-electron chi connectivity index (χ0n) is 15.5. The third kappa shape index (κ3) is 3.94. The predicted octanol–water partition coefficient (Wildman–Crippen LogP) is 1.29. The van der Waals surface area contributed by atoms with Crippen LogP contribution in [0.5, 0.6) is 0 Å². The fraction of sp³-hybridized carbons (Fsp3) is 0.421. The zero-order valence-corrected chi connectivity index (χ0v) is 15.5.